The van der Waals surface area contributed by atoms with Crippen molar-refractivity contribution >= 4 is 9.84 Å². The number of sulfone groups is 1. The first-order valence-electron chi connectivity index (χ1n) is 6.11. The molecule has 1 N–H and O–H groups in total. The lowest BCUT2D eigenvalue weighted by Crippen LogP contribution is -2.10. The number of aliphatic hydroxyl groups is 1. The normalized spacial score (nSPS) is 13.5. The Morgan fingerprint density at radius 1 is 1.26 bits per heavy atom. The Bertz CT molecular complexity index is 541. The molecule has 0 heterocycles. The van der Waals surface area contributed by atoms with E-state index in [2.05, 4.69) is 0 Å². The zero-order valence-corrected chi connectivity index (χ0v) is 11.8. The summed E-state index contributed by atoms with van der Waals surface area (Å²) in [6.07, 6.45) is -0.750. The molecular formula is C13H18F2O3S. The van der Waals surface area contributed by atoms with E-state index in [4.69, 9.17) is 0 Å². The number of aryl methyl sites for hydroxylation is 1. The van der Waals surface area contributed by atoms with Crippen molar-refractivity contribution in [2.45, 2.75) is 32.8 Å². The van der Waals surface area contributed by atoms with E-state index in [0.29, 0.717) is 0 Å². The Labute approximate surface area is 112 Å². The molecule has 1 unspecified atom stereocenters. The van der Waals surface area contributed by atoms with Gasteiger partial charge in [-0.15, -0.1) is 0 Å². The molecule has 3 nitrogen and oxygen atoms in total. The van der Waals surface area contributed by atoms with Gasteiger partial charge in [0.1, 0.15) is 21.5 Å². The van der Waals surface area contributed by atoms with Gasteiger partial charge in [-0.25, -0.2) is 17.2 Å². The third-order valence-electron chi connectivity index (χ3n) is 3.01. The van der Waals surface area contributed by atoms with Crippen molar-refractivity contribution in [1.82, 2.24) is 0 Å². The van der Waals surface area contributed by atoms with Crippen LogP contribution in [0.4, 0.5) is 8.78 Å². The maximum absolute atomic E-state index is 13.5. The van der Waals surface area contributed by atoms with Gasteiger partial charge in [-0.05, 0) is 31.4 Å². The second-order valence-electron chi connectivity index (χ2n) is 4.52. The van der Waals surface area contributed by atoms with Crippen LogP contribution in [-0.2, 0) is 9.84 Å². The van der Waals surface area contributed by atoms with Crippen LogP contribution in [0.5, 0.6) is 0 Å². The first-order valence-corrected chi connectivity index (χ1v) is 7.93. The topological polar surface area (TPSA) is 54.4 Å². The predicted molar refractivity (Wildman–Crippen MR) is 69.6 cm³/mol. The third kappa shape index (κ3) is 4.54. The summed E-state index contributed by atoms with van der Waals surface area (Å²) in [6.45, 7) is 3.03. The second kappa shape index (κ2) is 6.43. The highest BCUT2D eigenvalue weighted by Gasteiger charge is 2.16. The largest absolute Gasteiger partial charge is 0.388 e. The fourth-order valence-corrected chi connectivity index (χ4v) is 2.63. The van der Waals surface area contributed by atoms with Gasteiger partial charge >= 0.3 is 0 Å². The molecule has 0 radical (unpaired) electrons. The Hall–Kier alpha value is -1.01. The number of halogens is 2. The number of aliphatic hydroxyl groups excluding tert-OH is 1. The van der Waals surface area contributed by atoms with Gasteiger partial charge in [-0.3, -0.25) is 0 Å². The van der Waals surface area contributed by atoms with Crippen molar-refractivity contribution in [2.75, 3.05) is 11.5 Å². The van der Waals surface area contributed by atoms with Crippen LogP contribution in [-0.4, -0.2) is 25.0 Å². The molecule has 0 saturated carbocycles. The second-order valence-corrected chi connectivity index (χ2v) is 6.99. The van der Waals surface area contributed by atoms with Crippen molar-refractivity contribution in [3.63, 3.8) is 0 Å². The Morgan fingerprint density at radius 2 is 1.89 bits per heavy atom. The first-order chi connectivity index (χ1) is 8.76. The molecule has 0 aliphatic carbocycles. The lowest BCUT2D eigenvalue weighted by Gasteiger charge is -2.13. The molecule has 0 amide bonds. The molecule has 19 heavy (non-hydrogen) atoms. The quantitative estimate of drug-likeness (QED) is 0.876. The van der Waals surface area contributed by atoms with Crippen LogP contribution in [0.2, 0.25) is 0 Å². The molecule has 0 aromatic heterocycles. The summed E-state index contributed by atoms with van der Waals surface area (Å²) in [4.78, 5) is 0. The average Bonchev–Trinajstić information content (AvgIpc) is 2.33. The predicted octanol–water partition coefficient (Wildman–Crippen LogP) is 2.52. The minimum Gasteiger partial charge on any atom is -0.388 e. The van der Waals surface area contributed by atoms with Gasteiger partial charge in [0.2, 0.25) is 0 Å². The van der Waals surface area contributed by atoms with Crippen LogP contribution in [0.15, 0.2) is 12.1 Å². The van der Waals surface area contributed by atoms with E-state index in [0.717, 1.165) is 6.07 Å². The smallest absolute Gasteiger partial charge is 0.150 e. The first kappa shape index (κ1) is 16.0. The average molecular weight is 292 g/mol. The standard InChI is InChI=1S/C13H18F2O3S/c1-3-19(17,18)6-4-5-13(16)10-7-9(2)11(14)8-12(10)15/h7-8,13,16H,3-6H2,1-2H3. The zero-order chi connectivity index (χ0) is 14.6. The molecule has 0 bridgehead atoms. The monoisotopic (exact) mass is 292 g/mol. The lowest BCUT2D eigenvalue weighted by molar-refractivity contribution is 0.162. The van der Waals surface area contributed by atoms with E-state index in [1.54, 1.807) is 6.92 Å². The summed E-state index contributed by atoms with van der Waals surface area (Å²) in [6, 6.07) is 1.99. The molecule has 108 valence electrons. The molecule has 1 aromatic rings. The van der Waals surface area contributed by atoms with Gasteiger partial charge in [-0.2, -0.15) is 0 Å². The molecule has 6 heteroatoms. The van der Waals surface area contributed by atoms with Gasteiger partial charge in [0, 0.05) is 17.4 Å². The van der Waals surface area contributed by atoms with Gasteiger partial charge in [0.25, 0.3) is 0 Å². The van der Waals surface area contributed by atoms with Gasteiger partial charge < -0.3 is 5.11 Å². The van der Waals surface area contributed by atoms with Gasteiger partial charge in [0.05, 0.1) is 11.9 Å². The zero-order valence-electron chi connectivity index (χ0n) is 11.0. The van der Waals surface area contributed by atoms with E-state index in [-0.39, 0.29) is 35.5 Å². The molecule has 1 aromatic carbocycles. The molecule has 0 aliphatic rings. The third-order valence-corrected chi connectivity index (χ3v) is 4.80. The highest BCUT2D eigenvalue weighted by molar-refractivity contribution is 7.91. The lowest BCUT2D eigenvalue weighted by atomic mass is 10.0. The molecule has 0 fully saturated rings. The van der Waals surface area contributed by atoms with Crippen molar-refractivity contribution < 1.29 is 22.3 Å². The molecular weight excluding hydrogens is 274 g/mol. The van der Waals surface area contributed by atoms with Crippen LogP contribution < -0.4 is 0 Å². The number of hydrogen-bond donors (Lipinski definition) is 1. The maximum Gasteiger partial charge on any atom is 0.150 e. The highest BCUT2D eigenvalue weighted by atomic mass is 32.2. The summed E-state index contributed by atoms with van der Waals surface area (Å²) < 4.78 is 49.1. The minimum absolute atomic E-state index is 0.00722. The molecule has 1 atom stereocenters. The van der Waals surface area contributed by atoms with Crippen LogP contribution in [0, 0.1) is 18.6 Å². The summed E-state index contributed by atoms with van der Waals surface area (Å²) >= 11 is 0. The molecule has 0 saturated heterocycles. The van der Waals surface area contributed by atoms with Crippen LogP contribution >= 0.6 is 0 Å². The van der Waals surface area contributed by atoms with E-state index in [1.165, 1.54) is 13.0 Å². The van der Waals surface area contributed by atoms with Crippen LogP contribution in [0.1, 0.15) is 37.0 Å². The SMILES string of the molecule is CCS(=O)(=O)CCCC(O)c1cc(C)c(F)cc1F. The number of benzene rings is 1. The van der Waals surface area contributed by atoms with E-state index >= 15 is 0 Å². The summed E-state index contributed by atoms with van der Waals surface area (Å²) in [5.74, 6) is -1.47. The van der Waals surface area contributed by atoms with Crippen molar-refractivity contribution in [1.29, 1.82) is 0 Å². The Balaban J connectivity index is 2.69. The summed E-state index contributed by atoms with van der Waals surface area (Å²) in [5, 5.41) is 9.83. The van der Waals surface area contributed by atoms with Crippen molar-refractivity contribution in [2.24, 2.45) is 0 Å². The van der Waals surface area contributed by atoms with Crippen molar-refractivity contribution in [3.8, 4) is 0 Å². The van der Waals surface area contributed by atoms with Crippen molar-refractivity contribution in [3.05, 3.63) is 34.9 Å². The molecule has 0 aliphatic heterocycles. The van der Waals surface area contributed by atoms with Crippen LogP contribution in [0.25, 0.3) is 0 Å². The minimum atomic E-state index is -3.09. The fourth-order valence-electron chi connectivity index (χ4n) is 1.73. The molecule has 1 rings (SSSR count). The summed E-state index contributed by atoms with van der Waals surface area (Å²) in [5.41, 5.74) is 0.254. The van der Waals surface area contributed by atoms with Gasteiger partial charge in [-0.1, -0.05) is 6.92 Å². The Morgan fingerprint density at radius 3 is 2.47 bits per heavy atom. The summed E-state index contributed by atoms with van der Waals surface area (Å²) in [7, 11) is -3.09. The van der Waals surface area contributed by atoms with Crippen LogP contribution in [0.3, 0.4) is 0 Å². The van der Waals surface area contributed by atoms with Gasteiger partial charge in [0.15, 0.2) is 0 Å². The number of rotatable bonds is 6. The maximum atomic E-state index is 13.5. The van der Waals surface area contributed by atoms with E-state index in [9.17, 15) is 22.3 Å². The Kier molecular flexibility index (Phi) is 5.43. The molecule has 0 spiro atoms. The van der Waals surface area contributed by atoms with E-state index in [1.807, 2.05) is 0 Å². The fraction of sp³-hybridized carbons (Fsp3) is 0.538. The van der Waals surface area contributed by atoms with E-state index < -0.39 is 27.6 Å². The number of hydrogen-bond acceptors (Lipinski definition) is 3. The highest BCUT2D eigenvalue weighted by Crippen LogP contribution is 2.24.